The van der Waals surface area contributed by atoms with Crippen LogP contribution in [0.15, 0.2) is 47.3 Å². The second kappa shape index (κ2) is 7.85. The van der Waals surface area contributed by atoms with Crippen LogP contribution in [0.25, 0.3) is 0 Å². The number of benzene rings is 1. The molecule has 0 radical (unpaired) electrons. The summed E-state index contributed by atoms with van der Waals surface area (Å²) < 4.78 is 12.6. The molecule has 7 nitrogen and oxygen atoms in total. The Morgan fingerprint density at radius 1 is 1.11 bits per heavy atom. The molecule has 2 unspecified atom stereocenters. The summed E-state index contributed by atoms with van der Waals surface area (Å²) in [5, 5.41) is 7.52. The lowest BCUT2D eigenvalue weighted by molar-refractivity contribution is -0.131. The number of amides is 1. The van der Waals surface area contributed by atoms with Crippen LogP contribution in [0.2, 0.25) is 0 Å². The standard InChI is InChI=1S/C21H25N3O4/c1-15-7-8-19(25)24(23-15)18-14-28-13-17(18)22-20(26)21(9-11-27-12-10-21)16-5-3-2-4-6-16/h2-8,17-18H,9-14H2,1H3,(H,22,26). The van der Waals surface area contributed by atoms with Gasteiger partial charge in [0.15, 0.2) is 0 Å². The number of hydrogen-bond acceptors (Lipinski definition) is 5. The van der Waals surface area contributed by atoms with E-state index in [1.165, 1.54) is 10.7 Å². The van der Waals surface area contributed by atoms with E-state index in [9.17, 15) is 9.59 Å². The fourth-order valence-electron chi connectivity index (χ4n) is 4.11. The van der Waals surface area contributed by atoms with Gasteiger partial charge in [-0.25, -0.2) is 4.68 Å². The first-order valence-corrected chi connectivity index (χ1v) is 9.69. The van der Waals surface area contributed by atoms with Gasteiger partial charge in [-0.05, 0) is 31.4 Å². The van der Waals surface area contributed by atoms with Crippen molar-refractivity contribution >= 4 is 5.91 Å². The monoisotopic (exact) mass is 383 g/mol. The quantitative estimate of drug-likeness (QED) is 0.862. The second-order valence-corrected chi connectivity index (χ2v) is 7.50. The summed E-state index contributed by atoms with van der Waals surface area (Å²) >= 11 is 0. The molecule has 2 saturated heterocycles. The molecule has 4 rings (SSSR count). The van der Waals surface area contributed by atoms with Crippen molar-refractivity contribution in [1.82, 2.24) is 15.1 Å². The van der Waals surface area contributed by atoms with E-state index in [1.807, 2.05) is 37.3 Å². The maximum atomic E-state index is 13.5. The fraction of sp³-hybridized carbons (Fsp3) is 0.476. The van der Waals surface area contributed by atoms with Gasteiger partial charge in [-0.2, -0.15) is 5.10 Å². The smallest absolute Gasteiger partial charge is 0.267 e. The zero-order chi connectivity index (χ0) is 19.6. The molecule has 1 N–H and O–H groups in total. The summed E-state index contributed by atoms with van der Waals surface area (Å²) in [7, 11) is 0. The third kappa shape index (κ3) is 3.47. The molecule has 2 aromatic rings. The molecule has 2 aliphatic heterocycles. The fourth-order valence-corrected chi connectivity index (χ4v) is 4.11. The lowest BCUT2D eigenvalue weighted by atomic mass is 9.73. The number of nitrogens with one attached hydrogen (secondary N) is 1. The number of hydrogen-bond donors (Lipinski definition) is 1. The Labute approximate surface area is 163 Å². The van der Waals surface area contributed by atoms with Gasteiger partial charge < -0.3 is 14.8 Å². The summed E-state index contributed by atoms with van der Waals surface area (Å²) in [6, 6.07) is 12.4. The molecule has 1 aromatic carbocycles. The van der Waals surface area contributed by atoms with Crippen molar-refractivity contribution in [2.24, 2.45) is 0 Å². The molecule has 148 valence electrons. The molecule has 1 amide bonds. The molecule has 0 bridgehead atoms. The van der Waals surface area contributed by atoms with Crippen molar-refractivity contribution in [2.75, 3.05) is 26.4 Å². The molecule has 0 spiro atoms. The highest BCUT2D eigenvalue weighted by Crippen LogP contribution is 2.35. The van der Waals surface area contributed by atoms with Gasteiger partial charge in [0.1, 0.15) is 6.04 Å². The largest absolute Gasteiger partial charge is 0.381 e. The molecule has 3 heterocycles. The van der Waals surface area contributed by atoms with Crippen LogP contribution in [0.1, 0.15) is 30.1 Å². The Balaban J connectivity index is 1.60. The number of carbonyl (C=O) groups excluding carboxylic acids is 1. The SMILES string of the molecule is Cc1ccc(=O)n(C2COCC2NC(=O)C2(c3ccccc3)CCOCC2)n1. The second-order valence-electron chi connectivity index (χ2n) is 7.50. The Kier molecular flexibility index (Phi) is 5.28. The number of aryl methyl sites for hydroxylation is 1. The molecule has 2 fully saturated rings. The zero-order valence-corrected chi connectivity index (χ0v) is 16.0. The van der Waals surface area contributed by atoms with Crippen LogP contribution in [-0.4, -0.2) is 48.2 Å². The first-order chi connectivity index (χ1) is 13.6. The van der Waals surface area contributed by atoms with Crippen LogP contribution in [0, 0.1) is 6.92 Å². The number of carbonyl (C=O) groups is 1. The van der Waals surface area contributed by atoms with Crippen LogP contribution in [0.3, 0.4) is 0 Å². The van der Waals surface area contributed by atoms with Gasteiger partial charge in [-0.1, -0.05) is 30.3 Å². The summed E-state index contributed by atoms with van der Waals surface area (Å²) in [6.45, 7) is 3.64. The van der Waals surface area contributed by atoms with Crippen molar-refractivity contribution < 1.29 is 14.3 Å². The molecule has 2 aliphatic rings. The van der Waals surface area contributed by atoms with Gasteiger partial charge in [-0.15, -0.1) is 0 Å². The average molecular weight is 383 g/mol. The van der Waals surface area contributed by atoms with E-state index in [4.69, 9.17) is 9.47 Å². The van der Waals surface area contributed by atoms with Crippen LogP contribution >= 0.6 is 0 Å². The lowest BCUT2D eigenvalue weighted by Crippen LogP contribution is -2.53. The number of aromatic nitrogens is 2. The normalized spacial score (nSPS) is 24.0. The van der Waals surface area contributed by atoms with Crippen molar-refractivity contribution in [3.8, 4) is 0 Å². The van der Waals surface area contributed by atoms with E-state index in [2.05, 4.69) is 10.4 Å². The highest BCUT2D eigenvalue weighted by molar-refractivity contribution is 5.88. The highest BCUT2D eigenvalue weighted by Gasteiger charge is 2.44. The molecule has 1 aromatic heterocycles. The maximum absolute atomic E-state index is 13.5. The van der Waals surface area contributed by atoms with E-state index in [0.717, 1.165) is 11.3 Å². The van der Waals surface area contributed by atoms with Crippen LogP contribution in [0.4, 0.5) is 0 Å². The molecule has 0 saturated carbocycles. The highest BCUT2D eigenvalue weighted by atomic mass is 16.5. The number of rotatable bonds is 4. The molecule has 7 heteroatoms. The minimum atomic E-state index is -0.627. The van der Waals surface area contributed by atoms with E-state index >= 15 is 0 Å². The predicted molar refractivity (Wildman–Crippen MR) is 103 cm³/mol. The Hall–Kier alpha value is -2.51. The van der Waals surface area contributed by atoms with Crippen molar-refractivity contribution in [1.29, 1.82) is 0 Å². The third-order valence-electron chi connectivity index (χ3n) is 5.75. The topological polar surface area (TPSA) is 82.5 Å². The summed E-state index contributed by atoms with van der Waals surface area (Å²) in [5.74, 6) is -0.0387. The molecule has 28 heavy (non-hydrogen) atoms. The van der Waals surface area contributed by atoms with Crippen LogP contribution in [0.5, 0.6) is 0 Å². The lowest BCUT2D eigenvalue weighted by Gasteiger charge is -2.37. The van der Waals surface area contributed by atoms with E-state index in [-0.39, 0.29) is 23.6 Å². The molecule has 0 aliphatic carbocycles. The number of ether oxygens (including phenoxy) is 2. The molecule has 2 atom stereocenters. The summed E-state index contributed by atoms with van der Waals surface area (Å²) in [6.07, 6.45) is 1.26. The summed E-state index contributed by atoms with van der Waals surface area (Å²) in [4.78, 5) is 25.8. The van der Waals surface area contributed by atoms with Gasteiger partial charge in [0.2, 0.25) is 5.91 Å². The van der Waals surface area contributed by atoms with Gasteiger partial charge in [-0.3, -0.25) is 9.59 Å². The number of nitrogens with zero attached hydrogens (tertiary/aromatic N) is 2. The minimum absolute atomic E-state index is 0.0387. The van der Waals surface area contributed by atoms with E-state index in [0.29, 0.717) is 39.3 Å². The van der Waals surface area contributed by atoms with Gasteiger partial charge in [0.25, 0.3) is 5.56 Å². The van der Waals surface area contributed by atoms with Crippen molar-refractivity contribution in [3.05, 3.63) is 64.1 Å². The first-order valence-electron chi connectivity index (χ1n) is 9.69. The van der Waals surface area contributed by atoms with E-state index < -0.39 is 5.41 Å². The summed E-state index contributed by atoms with van der Waals surface area (Å²) in [5.41, 5.74) is 0.931. The first kappa shape index (κ1) is 18.8. The average Bonchev–Trinajstić information content (AvgIpc) is 3.19. The van der Waals surface area contributed by atoms with Crippen molar-refractivity contribution in [2.45, 2.75) is 37.3 Å². The predicted octanol–water partition coefficient (Wildman–Crippen LogP) is 1.36. The maximum Gasteiger partial charge on any atom is 0.267 e. The minimum Gasteiger partial charge on any atom is -0.381 e. The Morgan fingerprint density at radius 3 is 2.61 bits per heavy atom. The van der Waals surface area contributed by atoms with Crippen molar-refractivity contribution in [3.63, 3.8) is 0 Å². The molecular formula is C21H25N3O4. The van der Waals surface area contributed by atoms with Crippen LogP contribution in [-0.2, 0) is 19.7 Å². The zero-order valence-electron chi connectivity index (χ0n) is 16.0. The Bertz CT molecular complexity index is 890. The van der Waals surface area contributed by atoms with Gasteiger partial charge in [0, 0.05) is 19.3 Å². The molecular weight excluding hydrogens is 358 g/mol. The van der Waals surface area contributed by atoms with E-state index in [1.54, 1.807) is 6.07 Å². The van der Waals surface area contributed by atoms with Gasteiger partial charge >= 0.3 is 0 Å². The Morgan fingerprint density at radius 2 is 1.86 bits per heavy atom. The third-order valence-corrected chi connectivity index (χ3v) is 5.75. The van der Waals surface area contributed by atoms with Gasteiger partial charge in [0.05, 0.1) is 30.4 Å². The van der Waals surface area contributed by atoms with Crippen LogP contribution < -0.4 is 10.9 Å².